The molecule has 0 saturated carbocycles. The Morgan fingerprint density at radius 1 is 1.25 bits per heavy atom. The summed E-state index contributed by atoms with van der Waals surface area (Å²) in [7, 11) is 2.02. The van der Waals surface area contributed by atoms with E-state index in [2.05, 4.69) is 4.90 Å². The topological polar surface area (TPSA) is 32.8 Å². The van der Waals surface area contributed by atoms with Crippen LogP contribution in [0.25, 0.3) is 0 Å². The molecule has 2 fully saturated rings. The van der Waals surface area contributed by atoms with Gasteiger partial charge in [-0.1, -0.05) is 23.7 Å². The summed E-state index contributed by atoms with van der Waals surface area (Å²) in [6.45, 7) is 3.80. The summed E-state index contributed by atoms with van der Waals surface area (Å²) in [6, 6.07) is 7.89. The molecular formula is C15H19ClN2O2. The largest absolute Gasteiger partial charge is 0.366 e. The molecule has 2 aliphatic rings. The van der Waals surface area contributed by atoms with Gasteiger partial charge in [-0.05, 0) is 24.7 Å². The molecule has 0 N–H and O–H groups in total. The Bertz CT molecular complexity index is 485. The first kappa shape index (κ1) is 13.9. The van der Waals surface area contributed by atoms with Crippen molar-refractivity contribution in [1.82, 2.24) is 9.80 Å². The van der Waals surface area contributed by atoms with Crippen molar-refractivity contribution in [2.75, 3.05) is 39.8 Å². The first-order chi connectivity index (χ1) is 9.63. The van der Waals surface area contributed by atoms with Gasteiger partial charge in [-0.2, -0.15) is 0 Å². The van der Waals surface area contributed by atoms with Crippen molar-refractivity contribution in [3.05, 3.63) is 34.9 Å². The number of carbonyl (C=O) groups excluding carboxylic acids is 1. The van der Waals surface area contributed by atoms with E-state index in [4.69, 9.17) is 16.3 Å². The van der Waals surface area contributed by atoms with E-state index in [1.54, 1.807) is 0 Å². The lowest BCUT2D eigenvalue weighted by Gasteiger charge is -2.42. The minimum Gasteiger partial charge on any atom is -0.366 e. The molecule has 1 atom stereocenters. The normalized spacial score (nSPS) is 24.5. The SMILES string of the molecule is CN1CCOC(C(=O)N2CC(c3ccc(Cl)cc3)C2)C1. The molecule has 2 heterocycles. The van der Waals surface area contributed by atoms with Gasteiger partial charge in [0.15, 0.2) is 0 Å². The number of ether oxygens (including phenoxy) is 1. The Balaban J connectivity index is 1.54. The average molecular weight is 295 g/mol. The molecule has 0 aliphatic carbocycles. The van der Waals surface area contributed by atoms with Crippen LogP contribution in [-0.4, -0.2) is 61.6 Å². The summed E-state index contributed by atoms with van der Waals surface area (Å²) in [4.78, 5) is 16.3. The number of hydrogen-bond donors (Lipinski definition) is 0. The number of likely N-dealkylation sites (tertiary alicyclic amines) is 1. The van der Waals surface area contributed by atoms with Gasteiger partial charge in [0.1, 0.15) is 6.10 Å². The molecule has 0 spiro atoms. The van der Waals surface area contributed by atoms with Crippen LogP contribution in [0, 0.1) is 0 Å². The molecule has 1 amide bonds. The number of nitrogens with zero attached hydrogens (tertiary/aromatic N) is 2. The highest BCUT2D eigenvalue weighted by molar-refractivity contribution is 6.30. The third-order valence-electron chi connectivity index (χ3n) is 4.08. The van der Waals surface area contributed by atoms with E-state index < -0.39 is 0 Å². The first-order valence-electron chi connectivity index (χ1n) is 6.98. The highest BCUT2D eigenvalue weighted by atomic mass is 35.5. The van der Waals surface area contributed by atoms with Crippen LogP contribution in [0.4, 0.5) is 0 Å². The number of rotatable bonds is 2. The molecule has 1 unspecified atom stereocenters. The van der Waals surface area contributed by atoms with Gasteiger partial charge in [0.2, 0.25) is 0 Å². The van der Waals surface area contributed by atoms with Gasteiger partial charge in [-0.25, -0.2) is 0 Å². The summed E-state index contributed by atoms with van der Waals surface area (Å²) >= 11 is 5.89. The lowest BCUT2D eigenvalue weighted by Crippen LogP contribution is -2.56. The summed E-state index contributed by atoms with van der Waals surface area (Å²) in [6.07, 6.45) is -0.292. The molecule has 4 nitrogen and oxygen atoms in total. The van der Waals surface area contributed by atoms with Crippen LogP contribution in [0.15, 0.2) is 24.3 Å². The van der Waals surface area contributed by atoms with Crippen molar-refractivity contribution >= 4 is 17.5 Å². The van der Waals surface area contributed by atoms with Gasteiger partial charge >= 0.3 is 0 Å². The highest BCUT2D eigenvalue weighted by Crippen LogP contribution is 2.28. The second kappa shape index (κ2) is 5.72. The van der Waals surface area contributed by atoms with Crippen molar-refractivity contribution in [2.24, 2.45) is 0 Å². The molecule has 108 valence electrons. The number of likely N-dealkylation sites (N-methyl/N-ethyl adjacent to an activating group) is 1. The van der Waals surface area contributed by atoms with E-state index in [1.165, 1.54) is 5.56 Å². The molecule has 0 bridgehead atoms. The van der Waals surface area contributed by atoms with Crippen LogP contribution < -0.4 is 0 Å². The number of carbonyl (C=O) groups is 1. The van der Waals surface area contributed by atoms with Gasteiger partial charge in [-0.15, -0.1) is 0 Å². The Morgan fingerprint density at radius 2 is 1.95 bits per heavy atom. The lowest BCUT2D eigenvalue weighted by atomic mass is 9.91. The smallest absolute Gasteiger partial charge is 0.253 e. The number of benzene rings is 1. The van der Waals surface area contributed by atoms with E-state index in [1.807, 2.05) is 36.2 Å². The van der Waals surface area contributed by atoms with E-state index in [0.29, 0.717) is 19.1 Å². The molecule has 2 aliphatic heterocycles. The Kier molecular flexibility index (Phi) is 3.96. The molecule has 1 aromatic carbocycles. The predicted octanol–water partition coefficient (Wildman–Crippen LogP) is 1.60. The zero-order chi connectivity index (χ0) is 14.1. The van der Waals surface area contributed by atoms with Crippen LogP contribution in [0.5, 0.6) is 0 Å². The molecule has 2 saturated heterocycles. The van der Waals surface area contributed by atoms with Crippen molar-refractivity contribution in [1.29, 1.82) is 0 Å². The van der Waals surface area contributed by atoms with Gasteiger partial charge in [0.05, 0.1) is 6.61 Å². The van der Waals surface area contributed by atoms with Crippen molar-refractivity contribution < 1.29 is 9.53 Å². The molecule has 0 radical (unpaired) electrons. The first-order valence-corrected chi connectivity index (χ1v) is 7.35. The second-order valence-corrected chi connectivity index (χ2v) is 6.05. The average Bonchev–Trinajstić information content (AvgIpc) is 2.39. The number of hydrogen-bond acceptors (Lipinski definition) is 3. The third kappa shape index (κ3) is 2.82. The zero-order valence-electron chi connectivity index (χ0n) is 11.6. The maximum Gasteiger partial charge on any atom is 0.253 e. The van der Waals surface area contributed by atoms with Gasteiger partial charge in [-0.3, -0.25) is 4.79 Å². The summed E-state index contributed by atoms with van der Waals surface area (Å²) in [5, 5.41) is 0.750. The van der Waals surface area contributed by atoms with Crippen LogP contribution in [0.1, 0.15) is 11.5 Å². The monoisotopic (exact) mass is 294 g/mol. The molecule has 0 aromatic heterocycles. The highest BCUT2D eigenvalue weighted by Gasteiger charge is 2.36. The summed E-state index contributed by atoms with van der Waals surface area (Å²) < 4.78 is 5.57. The molecule has 1 aromatic rings. The summed E-state index contributed by atoms with van der Waals surface area (Å²) in [5.74, 6) is 0.555. The van der Waals surface area contributed by atoms with Crippen LogP contribution >= 0.6 is 11.6 Å². The Hall–Kier alpha value is -1.10. The number of amides is 1. The molecular weight excluding hydrogens is 276 g/mol. The summed E-state index contributed by atoms with van der Waals surface area (Å²) in [5.41, 5.74) is 1.25. The zero-order valence-corrected chi connectivity index (χ0v) is 12.3. The van der Waals surface area contributed by atoms with Gasteiger partial charge < -0.3 is 14.5 Å². The Labute approximate surface area is 124 Å². The maximum atomic E-state index is 12.3. The van der Waals surface area contributed by atoms with Crippen LogP contribution in [-0.2, 0) is 9.53 Å². The minimum absolute atomic E-state index is 0.127. The number of halogens is 1. The standard InChI is InChI=1S/C15H19ClN2O2/c1-17-6-7-20-14(10-17)15(19)18-8-12(9-18)11-2-4-13(16)5-3-11/h2-5,12,14H,6-10H2,1H3. The third-order valence-corrected chi connectivity index (χ3v) is 4.33. The maximum absolute atomic E-state index is 12.3. The fourth-order valence-electron chi connectivity index (χ4n) is 2.74. The second-order valence-electron chi connectivity index (χ2n) is 5.61. The van der Waals surface area contributed by atoms with Crippen molar-refractivity contribution in [3.63, 3.8) is 0 Å². The predicted molar refractivity (Wildman–Crippen MR) is 78.0 cm³/mol. The molecule has 20 heavy (non-hydrogen) atoms. The van der Waals surface area contributed by atoms with E-state index in [9.17, 15) is 4.79 Å². The van der Waals surface area contributed by atoms with Crippen LogP contribution in [0.2, 0.25) is 5.02 Å². The van der Waals surface area contributed by atoms with E-state index in [0.717, 1.165) is 24.7 Å². The van der Waals surface area contributed by atoms with Crippen LogP contribution in [0.3, 0.4) is 0 Å². The van der Waals surface area contributed by atoms with E-state index >= 15 is 0 Å². The lowest BCUT2D eigenvalue weighted by molar-refractivity contribution is -0.153. The number of morpholine rings is 1. The quantitative estimate of drug-likeness (QED) is 0.830. The Morgan fingerprint density at radius 3 is 2.60 bits per heavy atom. The molecule has 3 rings (SSSR count). The van der Waals surface area contributed by atoms with E-state index in [-0.39, 0.29) is 12.0 Å². The van der Waals surface area contributed by atoms with Gasteiger partial charge in [0.25, 0.3) is 5.91 Å². The fourth-order valence-corrected chi connectivity index (χ4v) is 2.86. The van der Waals surface area contributed by atoms with Crippen molar-refractivity contribution in [3.8, 4) is 0 Å². The fraction of sp³-hybridized carbons (Fsp3) is 0.533. The van der Waals surface area contributed by atoms with Crippen molar-refractivity contribution in [2.45, 2.75) is 12.0 Å². The minimum atomic E-state index is -0.292. The molecule has 5 heteroatoms. The van der Waals surface area contributed by atoms with Gasteiger partial charge in [0, 0.05) is 37.1 Å².